The van der Waals surface area contributed by atoms with Gasteiger partial charge in [-0.2, -0.15) is 0 Å². The molecule has 2 aromatic heterocycles. The molecule has 2 heterocycles. The van der Waals surface area contributed by atoms with Crippen LogP contribution in [0.25, 0.3) is 11.2 Å². The molecule has 0 amide bonds. The zero-order chi connectivity index (χ0) is 15.0. The fourth-order valence-corrected chi connectivity index (χ4v) is 2.69. The summed E-state index contributed by atoms with van der Waals surface area (Å²) in [6, 6.07) is 0. The van der Waals surface area contributed by atoms with Crippen molar-refractivity contribution in [3.05, 3.63) is 18.0 Å². The third-order valence-corrected chi connectivity index (χ3v) is 3.87. The summed E-state index contributed by atoms with van der Waals surface area (Å²) in [7, 11) is 0. The van der Waals surface area contributed by atoms with E-state index in [9.17, 15) is 4.79 Å². The number of hydrogen-bond donors (Lipinski definition) is 1. The van der Waals surface area contributed by atoms with Crippen LogP contribution in [0.15, 0.2) is 12.4 Å². The van der Waals surface area contributed by atoms with Gasteiger partial charge < -0.3 is 9.72 Å². The topological polar surface area (TPSA) is 67.9 Å². The molecule has 0 radical (unpaired) electrons. The summed E-state index contributed by atoms with van der Waals surface area (Å²) in [6.45, 7) is 5.71. The molecule has 0 aliphatic heterocycles. The standard InChI is InChI=1S/C16H21N3O2/c1-16(2,3)14(20)11-8-17-15-13(11)19-12(9-18-15)21-10-6-4-5-7-10/h8-10H,4-7H2,1-3H3,(H,17,18). The Morgan fingerprint density at radius 3 is 2.71 bits per heavy atom. The molecule has 0 spiro atoms. The summed E-state index contributed by atoms with van der Waals surface area (Å²) in [6.07, 6.45) is 8.11. The molecule has 112 valence electrons. The average molecular weight is 287 g/mol. The minimum absolute atomic E-state index is 0.0565. The lowest BCUT2D eigenvalue weighted by molar-refractivity contribution is 0.0860. The van der Waals surface area contributed by atoms with Crippen molar-refractivity contribution in [2.24, 2.45) is 5.41 Å². The molecule has 0 saturated heterocycles. The molecular formula is C16H21N3O2. The Labute approximate surface area is 124 Å². The minimum atomic E-state index is -0.445. The Hall–Kier alpha value is -1.91. The number of ether oxygens (including phenoxy) is 1. The van der Waals surface area contributed by atoms with Crippen molar-refractivity contribution in [2.75, 3.05) is 0 Å². The molecule has 0 atom stereocenters. The van der Waals surface area contributed by atoms with Crippen molar-refractivity contribution in [3.8, 4) is 5.88 Å². The zero-order valence-corrected chi connectivity index (χ0v) is 12.8. The summed E-state index contributed by atoms with van der Waals surface area (Å²) in [4.78, 5) is 24.3. The molecule has 0 aromatic carbocycles. The maximum absolute atomic E-state index is 12.5. The van der Waals surface area contributed by atoms with Gasteiger partial charge in [0.2, 0.25) is 5.88 Å². The molecule has 1 N–H and O–H groups in total. The molecule has 5 heteroatoms. The molecule has 0 unspecified atom stereocenters. The first-order valence-corrected chi connectivity index (χ1v) is 7.51. The number of Topliss-reactive ketones (excluding diaryl/α,β-unsaturated/α-hetero) is 1. The van der Waals surface area contributed by atoms with Crippen molar-refractivity contribution >= 4 is 16.9 Å². The maximum Gasteiger partial charge on any atom is 0.233 e. The molecular weight excluding hydrogens is 266 g/mol. The predicted molar refractivity (Wildman–Crippen MR) is 80.6 cm³/mol. The van der Waals surface area contributed by atoms with Crippen molar-refractivity contribution in [1.29, 1.82) is 0 Å². The fraction of sp³-hybridized carbons (Fsp3) is 0.562. The number of aromatic nitrogens is 3. The number of carbonyl (C=O) groups excluding carboxylic acids is 1. The van der Waals surface area contributed by atoms with Gasteiger partial charge in [0.1, 0.15) is 11.6 Å². The lowest BCUT2D eigenvalue weighted by atomic mass is 9.87. The number of hydrogen-bond acceptors (Lipinski definition) is 4. The Kier molecular flexibility index (Phi) is 3.43. The second-order valence-corrected chi connectivity index (χ2v) is 6.71. The van der Waals surface area contributed by atoms with Crippen molar-refractivity contribution < 1.29 is 9.53 Å². The van der Waals surface area contributed by atoms with Gasteiger partial charge in [0.15, 0.2) is 11.4 Å². The Bertz CT molecular complexity index is 664. The van der Waals surface area contributed by atoms with Crippen LogP contribution in [0.1, 0.15) is 56.8 Å². The van der Waals surface area contributed by atoms with Crippen LogP contribution in [0.5, 0.6) is 5.88 Å². The van der Waals surface area contributed by atoms with Crippen molar-refractivity contribution in [2.45, 2.75) is 52.6 Å². The van der Waals surface area contributed by atoms with E-state index in [4.69, 9.17) is 4.74 Å². The maximum atomic E-state index is 12.5. The summed E-state index contributed by atoms with van der Waals surface area (Å²) >= 11 is 0. The number of aromatic amines is 1. The van der Waals surface area contributed by atoms with E-state index >= 15 is 0 Å². The highest BCUT2D eigenvalue weighted by atomic mass is 16.5. The van der Waals surface area contributed by atoms with Gasteiger partial charge in [0.05, 0.1) is 11.8 Å². The highest BCUT2D eigenvalue weighted by molar-refractivity contribution is 6.08. The van der Waals surface area contributed by atoms with Crippen molar-refractivity contribution in [3.63, 3.8) is 0 Å². The molecule has 21 heavy (non-hydrogen) atoms. The van der Waals surface area contributed by atoms with E-state index in [1.165, 1.54) is 12.8 Å². The van der Waals surface area contributed by atoms with Crippen LogP contribution in [-0.2, 0) is 0 Å². The van der Waals surface area contributed by atoms with Crippen LogP contribution in [0.4, 0.5) is 0 Å². The fourth-order valence-electron chi connectivity index (χ4n) is 2.69. The van der Waals surface area contributed by atoms with Crippen LogP contribution >= 0.6 is 0 Å². The number of rotatable bonds is 3. The number of H-pyrrole nitrogens is 1. The second kappa shape index (κ2) is 5.13. The first-order valence-electron chi connectivity index (χ1n) is 7.51. The first-order chi connectivity index (χ1) is 9.95. The Morgan fingerprint density at radius 1 is 1.33 bits per heavy atom. The number of carbonyl (C=O) groups is 1. The average Bonchev–Trinajstić information content (AvgIpc) is 3.05. The first kappa shape index (κ1) is 14.0. The SMILES string of the molecule is CC(C)(C)C(=O)c1c[nH]c2ncc(OC3CCCC3)nc12. The van der Waals surface area contributed by atoms with Crippen molar-refractivity contribution in [1.82, 2.24) is 15.0 Å². The molecule has 1 fully saturated rings. The van der Waals surface area contributed by atoms with Gasteiger partial charge in [-0.05, 0) is 25.7 Å². The second-order valence-electron chi connectivity index (χ2n) is 6.71. The zero-order valence-electron chi connectivity index (χ0n) is 12.8. The Morgan fingerprint density at radius 2 is 2.05 bits per heavy atom. The van der Waals surface area contributed by atoms with Gasteiger partial charge >= 0.3 is 0 Å². The van der Waals surface area contributed by atoms with E-state index in [1.807, 2.05) is 20.8 Å². The highest BCUT2D eigenvalue weighted by Gasteiger charge is 2.26. The summed E-state index contributed by atoms with van der Waals surface area (Å²) < 4.78 is 5.87. The third kappa shape index (κ3) is 2.77. The molecule has 1 aliphatic carbocycles. The van der Waals surface area contributed by atoms with Crippen LogP contribution in [0.2, 0.25) is 0 Å². The van der Waals surface area contributed by atoms with E-state index in [0.29, 0.717) is 22.6 Å². The third-order valence-electron chi connectivity index (χ3n) is 3.87. The van der Waals surface area contributed by atoms with E-state index in [-0.39, 0.29) is 11.9 Å². The number of nitrogens with one attached hydrogen (secondary N) is 1. The van der Waals surface area contributed by atoms with E-state index in [0.717, 1.165) is 12.8 Å². The quantitative estimate of drug-likeness (QED) is 0.877. The monoisotopic (exact) mass is 287 g/mol. The van der Waals surface area contributed by atoms with Crippen LogP contribution in [-0.4, -0.2) is 26.8 Å². The number of nitrogens with zero attached hydrogens (tertiary/aromatic N) is 2. The summed E-state index contributed by atoms with van der Waals surface area (Å²) in [5.74, 6) is 0.568. The smallest absolute Gasteiger partial charge is 0.233 e. The highest BCUT2D eigenvalue weighted by Crippen LogP contribution is 2.27. The lowest BCUT2D eigenvalue weighted by Gasteiger charge is -2.15. The van der Waals surface area contributed by atoms with Crippen LogP contribution in [0, 0.1) is 5.41 Å². The van der Waals surface area contributed by atoms with Gasteiger partial charge in [0.25, 0.3) is 0 Å². The van der Waals surface area contributed by atoms with Gasteiger partial charge in [-0.25, -0.2) is 9.97 Å². The van der Waals surface area contributed by atoms with Crippen LogP contribution in [0.3, 0.4) is 0 Å². The molecule has 1 saturated carbocycles. The number of ketones is 1. The Balaban J connectivity index is 1.94. The van der Waals surface area contributed by atoms with Gasteiger partial charge in [-0.3, -0.25) is 4.79 Å². The summed E-state index contributed by atoms with van der Waals surface area (Å²) in [5, 5.41) is 0. The molecule has 1 aliphatic rings. The van der Waals surface area contributed by atoms with E-state index in [2.05, 4.69) is 15.0 Å². The number of fused-ring (bicyclic) bond motifs is 1. The van der Waals surface area contributed by atoms with Gasteiger partial charge in [-0.1, -0.05) is 20.8 Å². The van der Waals surface area contributed by atoms with E-state index in [1.54, 1.807) is 12.4 Å². The molecule has 5 nitrogen and oxygen atoms in total. The molecule has 3 rings (SSSR count). The largest absolute Gasteiger partial charge is 0.473 e. The van der Waals surface area contributed by atoms with Gasteiger partial charge in [0, 0.05) is 11.6 Å². The van der Waals surface area contributed by atoms with Crippen LogP contribution < -0.4 is 4.74 Å². The molecule has 0 bridgehead atoms. The summed E-state index contributed by atoms with van der Waals surface area (Å²) in [5.41, 5.74) is 1.37. The van der Waals surface area contributed by atoms with E-state index < -0.39 is 5.41 Å². The lowest BCUT2D eigenvalue weighted by Crippen LogP contribution is -2.20. The predicted octanol–water partition coefficient (Wildman–Crippen LogP) is 3.51. The van der Waals surface area contributed by atoms with Gasteiger partial charge in [-0.15, -0.1) is 0 Å². The normalized spacial score (nSPS) is 16.5. The molecule has 2 aromatic rings. The minimum Gasteiger partial charge on any atom is -0.473 e.